The second-order valence-electron chi connectivity index (χ2n) is 10.5. The lowest BCUT2D eigenvalue weighted by Crippen LogP contribution is -2.47. The number of fused-ring (bicyclic) bond motifs is 2. The Morgan fingerprint density at radius 3 is 2.44 bits per heavy atom. The van der Waals surface area contributed by atoms with Crippen LogP contribution >= 0.6 is 0 Å². The molecule has 3 aromatic heterocycles. The molecule has 4 heterocycles. The van der Waals surface area contributed by atoms with Gasteiger partial charge in [0.25, 0.3) is 0 Å². The van der Waals surface area contributed by atoms with E-state index >= 15 is 0 Å². The molecule has 2 aliphatic rings. The molecule has 5 aromatic rings. The van der Waals surface area contributed by atoms with Crippen LogP contribution in [-0.2, 0) is 21.2 Å². The fraction of sp³-hybridized carbons (Fsp3) is 0.321. The Hall–Kier alpha value is -4.52. The molecule has 2 fully saturated rings. The van der Waals surface area contributed by atoms with Gasteiger partial charge in [0, 0.05) is 37.3 Å². The molecule has 0 amide bonds. The van der Waals surface area contributed by atoms with Crippen LogP contribution in [0.25, 0.3) is 27.9 Å². The van der Waals surface area contributed by atoms with Gasteiger partial charge in [-0.2, -0.15) is 15.1 Å². The predicted molar refractivity (Wildman–Crippen MR) is 154 cm³/mol. The van der Waals surface area contributed by atoms with E-state index in [4.69, 9.17) is 9.97 Å². The van der Waals surface area contributed by atoms with Crippen molar-refractivity contribution in [2.45, 2.75) is 24.6 Å². The van der Waals surface area contributed by atoms with Gasteiger partial charge in [-0.15, -0.1) is 0 Å². The number of hydrogen-bond acceptors (Lipinski definition) is 10. The van der Waals surface area contributed by atoms with Gasteiger partial charge in [0.2, 0.25) is 5.95 Å². The maximum Gasteiger partial charge on any atom is 0.229 e. The first-order valence-electron chi connectivity index (χ1n) is 13.5. The molecule has 0 spiro atoms. The van der Waals surface area contributed by atoms with E-state index in [9.17, 15) is 18.3 Å². The van der Waals surface area contributed by atoms with Crippen molar-refractivity contribution in [3.05, 3.63) is 61.1 Å². The number of nitrogens with zero attached hydrogens (tertiary/aromatic N) is 8. The Bertz CT molecular complexity index is 1870. The van der Waals surface area contributed by atoms with Crippen LogP contribution in [0.15, 0.2) is 61.1 Å². The molecule has 2 aromatic carbocycles. The first kappa shape index (κ1) is 25.4. The lowest BCUT2D eigenvalue weighted by Gasteiger charge is -2.36. The number of carbonyl (C=O) groups is 1. The van der Waals surface area contributed by atoms with Crippen molar-refractivity contribution >= 4 is 49.3 Å². The number of aromatic nitrogens is 6. The lowest BCUT2D eigenvalue weighted by atomic mass is 10.2. The minimum Gasteiger partial charge on any atom is -0.508 e. The molecule has 12 nitrogen and oxygen atoms in total. The number of imidazole rings is 1. The largest absolute Gasteiger partial charge is 0.508 e. The number of benzene rings is 2. The van der Waals surface area contributed by atoms with E-state index in [1.807, 2.05) is 36.4 Å². The van der Waals surface area contributed by atoms with Crippen LogP contribution in [0.4, 0.5) is 11.6 Å². The highest BCUT2D eigenvalue weighted by Gasteiger charge is 2.37. The van der Waals surface area contributed by atoms with Gasteiger partial charge in [-0.05, 0) is 43.2 Å². The molecule has 1 aliphatic heterocycles. The maximum absolute atomic E-state index is 12.8. The molecular formula is C28H28N8O4S. The highest BCUT2D eigenvalue weighted by Crippen LogP contribution is 2.30. The van der Waals surface area contributed by atoms with E-state index in [1.165, 1.54) is 6.33 Å². The van der Waals surface area contributed by atoms with Crippen LogP contribution in [0, 0.1) is 0 Å². The molecule has 0 unspecified atom stereocenters. The van der Waals surface area contributed by atoms with Crippen LogP contribution in [0.3, 0.4) is 0 Å². The summed E-state index contributed by atoms with van der Waals surface area (Å²) in [6.45, 7) is 2.61. The summed E-state index contributed by atoms with van der Waals surface area (Å²) in [6.07, 6.45) is 4.54. The SMILES string of the molecule is O=C(Cn1cnc2c(-n3ncc4ccccc43)nc(N3CCN(c4ccc(O)cc4)CC3)nc21)CS(=O)(=O)C1CC1. The number of Topliss-reactive ketones (excluding diaryl/α,β-unsaturated/α-hetero) is 1. The normalized spacial score (nSPS) is 16.1. The second kappa shape index (κ2) is 9.84. The standard InChI is InChI=1S/C28H28N8O4S/c37-21-7-5-20(6-8-21)33-11-13-34(14-12-33)28-31-26-25(27(32-28)36-24-4-2-1-3-19(24)15-30-36)29-18-35(26)16-22(38)17-41(39,40)23-9-10-23/h1-8,15,18,23,37H,9-14,16-17H2. The van der Waals surface area contributed by atoms with Crippen molar-refractivity contribution in [3.8, 4) is 11.6 Å². The fourth-order valence-corrected chi connectivity index (χ4v) is 6.93. The number of sulfone groups is 1. The third-order valence-corrected chi connectivity index (χ3v) is 9.84. The van der Waals surface area contributed by atoms with Gasteiger partial charge >= 0.3 is 0 Å². The molecule has 1 aliphatic carbocycles. The first-order chi connectivity index (χ1) is 19.9. The molecule has 0 atom stereocenters. The summed E-state index contributed by atoms with van der Waals surface area (Å²) < 4.78 is 28.2. The summed E-state index contributed by atoms with van der Waals surface area (Å²) in [5, 5.41) is 14.8. The molecule has 1 saturated heterocycles. The van der Waals surface area contributed by atoms with Crippen molar-refractivity contribution in [2.24, 2.45) is 0 Å². The van der Waals surface area contributed by atoms with E-state index in [1.54, 1.807) is 27.6 Å². The Labute approximate surface area is 235 Å². The summed E-state index contributed by atoms with van der Waals surface area (Å²) in [6, 6.07) is 14.9. The van der Waals surface area contributed by atoms with Gasteiger partial charge in [0.15, 0.2) is 32.6 Å². The monoisotopic (exact) mass is 572 g/mol. The van der Waals surface area contributed by atoms with Crippen LogP contribution < -0.4 is 9.80 Å². The Morgan fingerprint density at radius 2 is 1.68 bits per heavy atom. The van der Waals surface area contributed by atoms with Crippen LogP contribution in [0.5, 0.6) is 5.75 Å². The molecule has 7 rings (SSSR count). The summed E-state index contributed by atoms with van der Waals surface area (Å²) in [7, 11) is -3.42. The van der Waals surface area contributed by atoms with E-state index in [0.717, 1.165) is 29.7 Å². The van der Waals surface area contributed by atoms with Crippen molar-refractivity contribution in [1.29, 1.82) is 0 Å². The maximum atomic E-state index is 12.8. The topological polar surface area (TPSA) is 139 Å². The summed E-state index contributed by atoms with van der Waals surface area (Å²) in [4.78, 5) is 31.5. The third kappa shape index (κ3) is 4.86. The van der Waals surface area contributed by atoms with Gasteiger partial charge in [-0.1, -0.05) is 18.2 Å². The van der Waals surface area contributed by atoms with Gasteiger partial charge in [0.1, 0.15) is 11.5 Å². The van der Waals surface area contributed by atoms with Crippen molar-refractivity contribution in [1.82, 2.24) is 29.3 Å². The molecule has 1 saturated carbocycles. The lowest BCUT2D eigenvalue weighted by molar-refractivity contribution is -0.117. The zero-order valence-electron chi connectivity index (χ0n) is 22.2. The number of anilines is 2. The van der Waals surface area contributed by atoms with Crippen LogP contribution in [0.1, 0.15) is 12.8 Å². The smallest absolute Gasteiger partial charge is 0.229 e. The molecule has 13 heteroatoms. The average molecular weight is 573 g/mol. The van der Waals surface area contributed by atoms with Crippen LogP contribution in [-0.4, -0.2) is 85.8 Å². The van der Waals surface area contributed by atoms with Crippen molar-refractivity contribution < 1.29 is 18.3 Å². The number of ketones is 1. The predicted octanol–water partition coefficient (Wildman–Crippen LogP) is 2.34. The quantitative estimate of drug-likeness (QED) is 0.295. The van der Waals surface area contributed by atoms with Gasteiger partial charge in [-0.3, -0.25) is 4.79 Å². The van der Waals surface area contributed by atoms with Gasteiger partial charge in [0.05, 0.1) is 29.8 Å². The summed E-state index contributed by atoms with van der Waals surface area (Å²) >= 11 is 0. The second-order valence-corrected chi connectivity index (χ2v) is 12.8. The minimum absolute atomic E-state index is 0.146. The Kier molecular flexibility index (Phi) is 6.11. The first-order valence-corrected chi connectivity index (χ1v) is 15.3. The number of rotatable bonds is 8. The fourth-order valence-electron chi connectivity index (χ4n) is 5.30. The molecule has 0 radical (unpaired) electrons. The Morgan fingerprint density at radius 1 is 0.951 bits per heavy atom. The number of hydrogen-bond donors (Lipinski definition) is 1. The number of phenols is 1. The molecular weight excluding hydrogens is 544 g/mol. The summed E-state index contributed by atoms with van der Waals surface area (Å²) in [5.41, 5.74) is 2.81. The van der Waals surface area contributed by atoms with E-state index < -0.39 is 21.4 Å². The number of phenolic OH excluding ortho intramolecular Hbond substituents is 1. The zero-order valence-corrected chi connectivity index (χ0v) is 23.0. The molecule has 0 bridgehead atoms. The highest BCUT2D eigenvalue weighted by molar-refractivity contribution is 7.93. The molecule has 41 heavy (non-hydrogen) atoms. The zero-order chi connectivity index (χ0) is 28.1. The van der Waals surface area contributed by atoms with E-state index in [2.05, 4.69) is 19.9 Å². The Balaban J connectivity index is 1.24. The third-order valence-electron chi connectivity index (χ3n) is 7.63. The van der Waals surface area contributed by atoms with Crippen molar-refractivity contribution in [3.63, 3.8) is 0 Å². The van der Waals surface area contributed by atoms with E-state index in [-0.39, 0.29) is 17.5 Å². The summed E-state index contributed by atoms with van der Waals surface area (Å²) in [5.74, 6) is 0.324. The van der Waals surface area contributed by atoms with E-state index in [0.29, 0.717) is 48.9 Å². The number of piperazine rings is 1. The number of para-hydroxylation sites is 1. The van der Waals surface area contributed by atoms with Crippen LogP contribution in [0.2, 0.25) is 0 Å². The number of aromatic hydroxyl groups is 1. The van der Waals surface area contributed by atoms with Crippen molar-refractivity contribution in [2.75, 3.05) is 41.7 Å². The molecule has 1 N–H and O–H groups in total. The minimum atomic E-state index is -3.42. The average Bonchev–Trinajstić information content (AvgIpc) is 3.65. The molecule has 210 valence electrons. The van der Waals surface area contributed by atoms with Gasteiger partial charge < -0.3 is 19.5 Å². The van der Waals surface area contributed by atoms with Gasteiger partial charge in [-0.25, -0.2) is 18.1 Å². The number of carbonyl (C=O) groups excluding carboxylic acids is 1. The highest BCUT2D eigenvalue weighted by atomic mass is 32.2.